The third-order valence-electron chi connectivity index (χ3n) is 3.92. The van der Waals surface area contributed by atoms with Gasteiger partial charge in [-0.2, -0.15) is 5.10 Å². The molecule has 1 amide bonds. The summed E-state index contributed by atoms with van der Waals surface area (Å²) >= 11 is 0. The molecule has 0 unspecified atom stereocenters. The van der Waals surface area contributed by atoms with Gasteiger partial charge in [-0.1, -0.05) is 6.07 Å². The van der Waals surface area contributed by atoms with Crippen LogP contribution in [-0.2, 0) is 0 Å². The van der Waals surface area contributed by atoms with E-state index in [1.165, 1.54) is 0 Å². The molecule has 5 heteroatoms. The van der Waals surface area contributed by atoms with Gasteiger partial charge in [0.1, 0.15) is 0 Å². The fourth-order valence-electron chi connectivity index (χ4n) is 2.63. The number of nitrogens with zero attached hydrogens (tertiary/aromatic N) is 2. The van der Waals surface area contributed by atoms with Crippen molar-refractivity contribution in [3.8, 4) is 0 Å². The van der Waals surface area contributed by atoms with E-state index in [0.717, 1.165) is 35.3 Å². The van der Waals surface area contributed by atoms with Gasteiger partial charge in [0, 0.05) is 18.7 Å². The Morgan fingerprint density at radius 3 is 2.48 bits per heavy atom. The van der Waals surface area contributed by atoms with Crippen LogP contribution in [0.2, 0.25) is 0 Å². The highest BCUT2D eigenvalue weighted by Crippen LogP contribution is 2.42. The molecule has 1 aromatic heterocycles. The molecule has 0 spiro atoms. The van der Waals surface area contributed by atoms with Crippen LogP contribution >= 0.6 is 0 Å². The number of H-pyrrole nitrogens is 1. The molecule has 3 rings (SSSR count). The molecule has 0 bridgehead atoms. The van der Waals surface area contributed by atoms with Gasteiger partial charge in [0.15, 0.2) is 5.69 Å². The van der Waals surface area contributed by atoms with Gasteiger partial charge in [-0.25, -0.2) is 0 Å². The summed E-state index contributed by atoms with van der Waals surface area (Å²) in [5, 5.41) is 7.05. The maximum atomic E-state index is 12.6. The minimum atomic E-state index is -0.180. The summed E-state index contributed by atoms with van der Waals surface area (Å²) in [5.41, 5.74) is 10.9. The first kappa shape index (κ1) is 13.7. The number of aromatic nitrogens is 2. The van der Waals surface area contributed by atoms with Gasteiger partial charge in [0.05, 0.1) is 11.4 Å². The second-order valence-electron chi connectivity index (χ2n) is 5.88. The molecule has 1 aliphatic rings. The number of carbonyl (C=O) groups is 1. The van der Waals surface area contributed by atoms with Crippen LogP contribution in [0.25, 0.3) is 0 Å². The second-order valence-corrected chi connectivity index (χ2v) is 5.88. The average Bonchev–Trinajstić information content (AvgIpc) is 3.19. The quantitative estimate of drug-likeness (QED) is 0.910. The Kier molecular flexibility index (Phi) is 3.20. The number of nitrogen functional groups attached to an aromatic ring is 1. The zero-order valence-corrected chi connectivity index (χ0v) is 12.6. The van der Waals surface area contributed by atoms with Crippen LogP contribution in [0.15, 0.2) is 18.2 Å². The number of carbonyl (C=O) groups excluding carboxylic acids is 1. The minimum absolute atomic E-state index is 0.180. The van der Waals surface area contributed by atoms with Gasteiger partial charge < -0.3 is 10.6 Å². The number of nitrogens with one attached hydrogen (secondary N) is 1. The molecule has 1 fully saturated rings. The van der Waals surface area contributed by atoms with Crippen molar-refractivity contribution in [2.75, 3.05) is 17.7 Å². The van der Waals surface area contributed by atoms with Crippen LogP contribution in [0, 0.1) is 13.8 Å². The summed E-state index contributed by atoms with van der Waals surface area (Å²) in [5.74, 6) is 0.270. The lowest BCUT2D eigenvalue weighted by atomic mass is 10.1. The first-order valence-electron chi connectivity index (χ1n) is 7.17. The average molecular weight is 284 g/mol. The summed E-state index contributed by atoms with van der Waals surface area (Å²) in [6, 6.07) is 6.04. The highest BCUT2D eigenvalue weighted by molar-refractivity contribution is 6.08. The van der Waals surface area contributed by atoms with E-state index in [2.05, 4.69) is 16.3 Å². The standard InChI is InChI=1S/C16H20N4O/c1-9-6-10(2)8-12(7-9)20(3)16(21)15-13(17)14(18-19-15)11-4-5-11/h6-8,11H,4-5,17H2,1-3H3,(H,18,19). The lowest BCUT2D eigenvalue weighted by molar-refractivity contribution is 0.0989. The van der Waals surface area contributed by atoms with Crippen molar-refractivity contribution >= 4 is 17.3 Å². The van der Waals surface area contributed by atoms with Gasteiger partial charge in [0.2, 0.25) is 0 Å². The number of hydrogen-bond donors (Lipinski definition) is 2. The van der Waals surface area contributed by atoms with E-state index in [1.807, 2.05) is 26.0 Å². The Morgan fingerprint density at radius 1 is 1.29 bits per heavy atom. The number of nitrogens with two attached hydrogens (primary N) is 1. The van der Waals surface area contributed by atoms with Crippen LogP contribution in [-0.4, -0.2) is 23.2 Å². The summed E-state index contributed by atoms with van der Waals surface area (Å²) in [4.78, 5) is 14.2. The zero-order valence-electron chi connectivity index (χ0n) is 12.6. The monoisotopic (exact) mass is 284 g/mol. The Bertz CT molecular complexity index is 680. The molecule has 0 aliphatic heterocycles. The van der Waals surface area contributed by atoms with Crippen molar-refractivity contribution in [1.29, 1.82) is 0 Å². The first-order valence-corrected chi connectivity index (χ1v) is 7.17. The van der Waals surface area contributed by atoms with E-state index in [9.17, 15) is 4.79 Å². The molecule has 110 valence electrons. The van der Waals surface area contributed by atoms with Crippen molar-refractivity contribution in [2.24, 2.45) is 0 Å². The Balaban J connectivity index is 1.90. The van der Waals surface area contributed by atoms with Gasteiger partial charge in [-0.3, -0.25) is 9.89 Å². The fraction of sp³-hybridized carbons (Fsp3) is 0.375. The van der Waals surface area contributed by atoms with Crippen molar-refractivity contribution < 1.29 is 4.79 Å². The normalized spacial score (nSPS) is 14.2. The van der Waals surface area contributed by atoms with Gasteiger partial charge in [-0.05, 0) is 49.9 Å². The third kappa shape index (κ3) is 2.51. The van der Waals surface area contributed by atoms with Crippen LogP contribution in [0.5, 0.6) is 0 Å². The smallest absolute Gasteiger partial charge is 0.280 e. The predicted molar refractivity (Wildman–Crippen MR) is 83.6 cm³/mol. The van der Waals surface area contributed by atoms with Crippen LogP contribution < -0.4 is 10.6 Å². The molecule has 3 N–H and O–H groups in total. The maximum Gasteiger partial charge on any atom is 0.280 e. The number of aryl methyl sites for hydroxylation is 2. The number of aromatic amines is 1. The second kappa shape index (κ2) is 4.91. The molecule has 0 atom stereocenters. The van der Waals surface area contributed by atoms with E-state index in [-0.39, 0.29) is 5.91 Å². The highest BCUT2D eigenvalue weighted by Gasteiger charge is 2.31. The highest BCUT2D eigenvalue weighted by atomic mass is 16.2. The molecule has 0 saturated heterocycles. The molecule has 21 heavy (non-hydrogen) atoms. The summed E-state index contributed by atoms with van der Waals surface area (Å²) < 4.78 is 0. The van der Waals surface area contributed by atoms with Crippen molar-refractivity contribution in [1.82, 2.24) is 10.2 Å². The van der Waals surface area contributed by atoms with E-state index >= 15 is 0 Å². The van der Waals surface area contributed by atoms with Crippen molar-refractivity contribution in [2.45, 2.75) is 32.6 Å². The molecule has 1 aromatic carbocycles. The Labute approximate surface area is 124 Å². The molecular formula is C16H20N4O. The summed E-state index contributed by atoms with van der Waals surface area (Å²) in [6.07, 6.45) is 2.24. The maximum absolute atomic E-state index is 12.6. The predicted octanol–water partition coefficient (Wildman–Crippen LogP) is 2.76. The van der Waals surface area contributed by atoms with Crippen LogP contribution in [0.4, 0.5) is 11.4 Å². The molecule has 2 aromatic rings. The Hall–Kier alpha value is -2.30. The first-order chi connectivity index (χ1) is 9.97. The lowest BCUT2D eigenvalue weighted by Gasteiger charge is -2.17. The number of rotatable bonds is 3. The van der Waals surface area contributed by atoms with Crippen LogP contribution in [0.1, 0.15) is 46.1 Å². The Morgan fingerprint density at radius 2 is 1.90 bits per heavy atom. The van der Waals surface area contributed by atoms with E-state index in [4.69, 9.17) is 5.73 Å². The third-order valence-corrected chi connectivity index (χ3v) is 3.92. The zero-order chi connectivity index (χ0) is 15.1. The fourth-order valence-corrected chi connectivity index (χ4v) is 2.63. The van der Waals surface area contributed by atoms with E-state index in [0.29, 0.717) is 17.3 Å². The molecule has 0 radical (unpaired) electrons. The van der Waals surface area contributed by atoms with E-state index in [1.54, 1.807) is 11.9 Å². The topological polar surface area (TPSA) is 75.0 Å². The van der Waals surface area contributed by atoms with E-state index < -0.39 is 0 Å². The largest absolute Gasteiger partial charge is 0.395 e. The number of amides is 1. The van der Waals surface area contributed by atoms with Crippen LogP contribution in [0.3, 0.4) is 0 Å². The SMILES string of the molecule is Cc1cc(C)cc(N(C)C(=O)c2n[nH]c(C3CC3)c2N)c1. The summed E-state index contributed by atoms with van der Waals surface area (Å²) in [6.45, 7) is 4.03. The number of anilines is 2. The minimum Gasteiger partial charge on any atom is -0.395 e. The lowest BCUT2D eigenvalue weighted by Crippen LogP contribution is -2.27. The molecule has 1 aliphatic carbocycles. The van der Waals surface area contributed by atoms with Gasteiger partial charge in [-0.15, -0.1) is 0 Å². The van der Waals surface area contributed by atoms with Gasteiger partial charge >= 0.3 is 0 Å². The number of benzene rings is 1. The summed E-state index contributed by atoms with van der Waals surface area (Å²) in [7, 11) is 1.75. The molecule has 1 heterocycles. The van der Waals surface area contributed by atoms with Crippen molar-refractivity contribution in [3.63, 3.8) is 0 Å². The molecule has 5 nitrogen and oxygen atoms in total. The molecular weight excluding hydrogens is 264 g/mol. The molecule has 1 saturated carbocycles. The van der Waals surface area contributed by atoms with Crippen molar-refractivity contribution in [3.05, 3.63) is 40.7 Å². The number of hydrogen-bond acceptors (Lipinski definition) is 3. The van der Waals surface area contributed by atoms with Gasteiger partial charge in [0.25, 0.3) is 5.91 Å².